The minimum Gasteiger partial charge on any atom is -0.379 e. The van der Waals surface area contributed by atoms with Crippen LogP contribution in [0.5, 0.6) is 0 Å². The number of hydrogen-bond acceptors (Lipinski definition) is 4. The Bertz CT molecular complexity index is 854. The Hall–Kier alpha value is -2.41. The highest BCUT2D eigenvalue weighted by atomic mass is 35.5. The fourth-order valence-electron chi connectivity index (χ4n) is 3.83. The number of benzene rings is 2. The summed E-state index contributed by atoms with van der Waals surface area (Å²) in [5.74, 6) is -0.206. The van der Waals surface area contributed by atoms with Gasteiger partial charge in [-0.1, -0.05) is 61.0 Å². The van der Waals surface area contributed by atoms with Crippen LogP contribution in [0.1, 0.15) is 36.9 Å². The molecule has 172 valence electrons. The highest BCUT2D eigenvalue weighted by molar-refractivity contribution is 6.30. The molecule has 0 radical (unpaired) electrons. The van der Waals surface area contributed by atoms with Gasteiger partial charge in [-0.25, -0.2) is 0 Å². The van der Waals surface area contributed by atoms with Gasteiger partial charge in [0.15, 0.2) is 0 Å². The van der Waals surface area contributed by atoms with Gasteiger partial charge < -0.3 is 15.0 Å². The first-order valence-corrected chi connectivity index (χ1v) is 11.6. The maximum absolute atomic E-state index is 13.4. The molecule has 0 aromatic heterocycles. The lowest BCUT2D eigenvalue weighted by Crippen LogP contribution is -2.46. The van der Waals surface area contributed by atoms with Gasteiger partial charge >= 0.3 is 0 Å². The van der Waals surface area contributed by atoms with Crippen molar-refractivity contribution in [2.45, 2.75) is 32.4 Å². The van der Waals surface area contributed by atoms with Gasteiger partial charge in [0.2, 0.25) is 11.8 Å². The van der Waals surface area contributed by atoms with Crippen molar-refractivity contribution in [3.8, 4) is 0 Å². The van der Waals surface area contributed by atoms with Crippen molar-refractivity contribution in [2.75, 3.05) is 39.4 Å². The van der Waals surface area contributed by atoms with Crippen molar-refractivity contribution in [1.29, 1.82) is 0 Å². The number of amides is 2. The fraction of sp³-hybridized carbons (Fsp3) is 0.440. The molecule has 1 aliphatic rings. The number of morpholine rings is 1. The predicted octanol–water partition coefficient (Wildman–Crippen LogP) is 3.66. The lowest BCUT2D eigenvalue weighted by Gasteiger charge is -2.32. The van der Waals surface area contributed by atoms with E-state index in [4.69, 9.17) is 16.3 Å². The largest absolute Gasteiger partial charge is 0.379 e. The van der Waals surface area contributed by atoms with E-state index in [0.29, 0.717) is 24.5 Å². The summed E-state index contributed by atoms with van der Waals surface area (Å²) in [7, 11) is 0. The Kier molecular flexibility index (Phi) is 9.53. The van der Waals surface area contributed by atoms with Crippen molar-refractivity contribution in [3.63, 3.8) is 0 Å². The van der Waals surface area contributed by atoms with Crippen LogP contribution in [-0.4, -0.2) is 61.0 Å². The maximum atomic E-state index is 13.4. The highest BCUT2D eigenvalue weighted by Crippen LogP contribution is 2.25. The van der Waals surface area contributed by atoms with Crippen molar-refractivity contribution < 1.29 is 14.3 Å². The second-order valence-electron chi connectivity index (χ2n) is 7.96. The molecule has 0 aliphatic carbocycles. The molecule has 0 spiro atoms. The summed E-state index contributed by atoms with van der Waals surface area (Å²) in [4.78, 5) is 30.5. The van der Waals surface area contributed by atoms with Gasteiger partial charge in [-0.05, 0) is 29.7 Å². The molecule has 1 fully saturated rings. The third-order valence-corrected chi connectivity index (χ3v) is 5.81. The highest BCUT2D eigenvalue weighted by Gasteiger charge is 2.31. The van der Waals surface area contributed by atoms with E-state index < -0.39 is 6.04 Å². The van der Waals surface area contributed by atoms with Crippen molar-refractivity contribution in [1.82, 2.24) is 15.1 Å². The molecule has 2 aromatic rings. The SMILES string of the molecule is CCCC(=O)N(Cc1ccc(Cl)cc1)C(C(=O)NCCN1CCOCC1)c1ccccc1. The van der Waals surface area contributed by atoms with Crippen LogP contribution in [0, 0.1) is 0 Å². The molecule has 1 heterocycles. The number of halogens is 1. The zero-order chi connectivity index (χ0) is 22.8. The topological polar surface area (TPSA) is 61.9 Å². The monoisotopic (exact) mass is 457 g/mol. The van der Waals surface area contributed by atoms with Crippen molar-refractivity contribution in [3.05, 3.63) is 70.7 Å². The summed E-state index contributed by atoms with van der Waals surface area (Å²) in [6, 6.07) is 16.2. The van der Waals surface area contributed by atoms with E-state index >= 15 is 0 Å². The first-order valence-electron chi connectivity index (χ1n) is 11.2. The predicted molar refractivity (Wildman–Crippen MR) is 126 cm³/mol. The van der Waals surface area contributed by atoms with Crippen LogP contribution in [0.15, 0.2) is 54.6 Å². The molecule has 1 saturated heterocycles. The first kappa shape index (κ1) is 24.2. The summed E-state index contributed by atoms with van der Waals surface area (Å²) in [5, 5.41) is 3.70. The molecule has 1 aliphatic heterocycles. The Morgan fingerprint density at radius 3 is 2.44 bits per heavy atom. The second kappa shape index (κ2) is 12.6. The molecule has 7 heteroatoms. The number of rotatable bonds is 10. The summed E-state index contributed by atoms with van der Waals surface area (Å²) in [6.07, 6.45) is 1.11. The van der Waals surface area contributed by atoms with Crippen LogP contribution in [0.25, 0.3) is 0 Å². The number of nitrogens with zero attached hydrogens (tertiary/aromatic N) is 2. The van der Waals surface area contributed by atoms with Crippen LogP contribution in [0.2, 0.25) is 5.02 Å². The third-order valence-electron chi connectivity index (χ3n) is 5.56. The van der Waals surface area contributed by atoms with Crippen LogP contribution in [0.3, 0.4) is 0 Å². The second-order valence-corrected chi connectivity index (χ2v) is 8.39. The van der Waals surface area contributed by atoms with Gasteiger partial charge in [-0.3, -0.25) is 14.5 Å². The van der Waals surface area contributed by atoms with E-state index in [9.17, 15) is 9.59 Å². The van der Waals surface area contributed by atoms with Crippen molar-refractivity contribution >= 4 is 23.4 Å². The molecular formula is C25H32ClN3O3. The molecule has 2 aromatic carbocycles. The average molecular weight is 458 g/mol. The van der Waals surface area contributed by atoms with E-state index in [1.165, 1.54) is 0 Å². The molecule has 32 heavy (non-hydrogen) atoms. The van der Waals surface area contributed by atoms with E-state index in [1.807, 2.05) is 49.4 Å². The van der Waals surface area contributed by atoms with Crippen LogP contribution in [0.4, 0.5) is 0 Å². The zero-order valence-corrected chi connectivity index (χ0v) is 19.4. The quantitative estimate of drug-likeness (QED) is 0.591. The fourth-order valence-corrected chi connectivity index (χ4v) is 3.96. The average Bonchev–Trinajstić information content (AvgIpc) is 2.81. The van der Waals surface area contributed by atoms with Gasteiger partial charge in [0.25, 0.3) is 0 Å². The van der Waals surface area contributed by atoms with E-state index in [0.717, 1.165) is 50.4 Å². The van der Waals surface area contributed by atoms with E-state index in [1.54, 1.807) is 17.0 Å². The molecule has 3 rings (SSSR count). The molecule has 1 unspecified atom stereocenters. The molecule has 1 atom stereocenters. The third kappa shape index (κ3) is 7.05. The summed E-state index contributed by atoms with van der Waals surface area (Å²) in [6.45, 7) is 6.79. The van der Waals surface area contributed by atoms with Crippen LogP contribution < -0.4 is 5.32 Å². The molecule has 0 bridgehead atoms. The maximum Gasteiger partial charge on any atom is 0.247 e. The molecule has 0 saturated carbocycles. The smallest absolute Gasteiger partial charge is 0.247 e. The number of nitrogens with one attached hydrogen (secondary N) is 1. The zero-order valence-electron chi connectivity index (χ0n) is 18.6. The number of carbonyl (C=O) groups excluding carboxylic acids is 2. The Labute approximate surface area is 195 Å². The van der Waals surface area contributed by atoms with Crippen LogP contribution >= 0.6 is 11.6 Å². The van der Waals surface area contributed by atoms with Gasteiger partial charge in [-0.15, -0.1) is 0 Å². The van der Waals surface area contributed by atoms with Gasteiger partial charge in [0, 0.05) is 44.2 Å². The molecule has 2 amide bonds. The first-order chi connectivity index (χ1) is 15.6. The van der Waals surface area contributed by atoms with Crippen LogP contribution in [-0.2, 0) is 20.9 Å². The minimum atomic E-state index is -0.699. The van der Waals surface area contributed by atoms with E-state index in [-0.39, 0.29) is 11.8 Å². The lowest BCUT2D eigenvalue weighted by molar-refractivity contribution is -0.141. The Morgan fingerprint density at radius 2 is 1.78 bits per heavy atom. The Morgan fingerprint density at radius 1 is 1.09 bits per heavy atom. The summed E-state index contributed by atoms with van der Waals surface area (Å²) >= 11 is 6.03. The van der Waals surface area contributed by atoms with Gasteiger partial charge in [0.05, 0.1) is 13.2 Å². The lowest BCUT2D eigenvalue weighted by atomic mass is 10.0. The molecular weight excluding hydrogens is 426 g/mol. The normalized spacial score (nSPS) is 15.2. The van der Waals surface area contributed by atoms with E-state index in [2.05, 4.69) is 10.2 Å². The number of carbonyl (C=O) groups is 2. The number of hydrogen-bond donors (Lipinski definition) is 1. The summed E-state index contributed by atoms with van der Waals surface area (Å²) in [5.41, 5.74) is 1.73. The Balaban J connectivity index is 1.79. The standard InChI is InChI=1S/C25H32ClN3O3/c1-2-6-23(30)29(19-20-9-11-22(26)12-10-20)24(21-7-4-3-5-8-21)25(31)27-13-14-28-15-17-32-18-16-28/h3-5,7-12,24H,2,6,13-19H2,1H3,(H,27,31). The molecule has 6 nitrogen and oxygen atoms in total. The molecule has 1 N–H and O–H groups in total. The minimum absolute atomic E-state index is 0.0420. The summed E-state index contributed by atoms with van der Waals surface area (Å²) < 4.78 is 5.39. The van der Waals surface area contributed by atoms with Gasteiger partial charge in [0.1, 0.15) is 6.04 Å². The van der Waals surface area contributed by atoms with Gasteiger partial charge in [-0.2, -0.15) is 0 Å². The number of ether oxygens (including phenoxy) is 1. The van der Waals surface area contributed by atoms with Crippen molar-refractivity contribution in [2.24, 2.45) is 0 Å².